The van der Waals surface area contributed by atoms with E-state index < -0.39 is 17.3 Å². The molecule has 3 N–H and O–H groups in total. The average Bonchev–Trinajstić information content (AvgIpc) is 2.91. The summed E-state index contributed by atoms with van der Waals surface area (Å²) in [6.07, 6.45) is 4.31. The molecule has 0 radical (unpaired) electrons. The van der Waals surface area contributed by atoms with Crippen LogP contribution in [-0.4, -0.2) is 51.9 Å². The lowest BCUT2D eigenvalue weighted by molar-refractivity contribution is -0.399. The second-order valence-electron chi connectivity index (χ2n) is 7.22. The molecule has 1 saturated heterocycles. The number of phenols is 1. The number of likely N-dealkylation sites (tertiary alicyclic amines) is 1. The summed E-state index contributed by atoms with van der Waals surface area (Å²) in [6, 6.07) is 3.89. The predicted molar refractivity (Wildman–Crippen MR) is 80.2 cm³/mol. The number of nitrogens with zero attached hydrogens (tertiary/aromatic N) is 1. The molecule has 1 aromatic carbocycles. The minimum Gasteiger partial charge on any atom is -0.504 e. The fourth-order valence-corrected chi connectivity index (χ4v) is 5.34. The van der Waals surface area contributed by atoms with Crippen molar-refractivity contribution in [3.63, 3.8) is 0 Å². The van der Waals surface area contributed by atoms with Crippen LogP contribution < -0.4 is 4.74 Å². The molecule has 1 spiro atoms. The van der Waals surface area contributed by atoms with Gasteiger partial charge < -0.3 is 19.8 Å². The number of benzene rings is 1. The molecular formula is C17H19NO5. The lowest BCUT2D eigenvalue weighted by Gasteiger charge is -2.57. The quantitative estimate of drug-likeness (QED) is 0.310. The molecule has 122 valence electrons. The zero-order valence-corrected chi connectivity index (χ0v) is 12.8. The molecule has 5 atom stereocenters. The number of ether oxygens (including phenoxy) is 1. The van der Waals surface area contributed by atoms with E-state index in [-0.39, 0.29) is 11.7 Å². The highest BCUT2D eigenvalue weighted by atomic mass is 17.1. The maximum absolute atomic E-state index is 10.7. The van der Waals surface area contributed by atoms with Gasteiger partial charge in [0, 0.05) is 17.5 Å². The van der Waals surface area contributed by atoms with E-state index >= 15 is 0 Å². The number of aliphatic hydroxyl groups is 1. The smallest absolute Gasteiger partial charge is 0.256 e. The molecule has 0 aromatic heterocycles. The van der Waals surface area contributed by atoms with E-state index in [0.29, 0.717) is 11.8 Å². The van der Waals surface area contributed by atoms with Crippen LogP contribution in [0.3, 0.4) is 0 Å². The number of aromatic hydroxyl groups is 1. The summed E-state index contributed by atoms with van der Waals surface area (Å²) >= 11 is 0. The van der Waals surface area contributed by atoms with Crippen LogP contribution in [0.4, 0.5) is 0 Å². The summed E-state index contributed by atoms with van der Waals surface area (Å²) in [5.74, 6) is -1.25. The number of hydrogen-bond donors (Lipinski definition) is 3. The van der Waals surface area contributed by atoms with Crippen LogP contribution in [0.1, 0.15) is 17.5 Å². The minimum atomic E-state index is -1.91. The molecular weight excluding hydrogens is 298 g/mol. The van der Waals surface area contributed by atoms with Crippen LogP contribution in [0.15, 0.2) is 24.3 Å². The third-order valence-electron chi connectivity index (χ3n) is 6.34. The van der Waals surface area contributed by atoms with E-state index in [2.05, 4.69) is 16.8 Å². The Morgan fingerprint density at radius 2 is 2.22 bits per heavy atom. The average molecular weight is 317 g/mol. The van der Waals surface area contributed by atoms with Gasteiger partial charge in [0.2, 0.25) is 0 Å². The number of phenolic OH excluding ortho intramolecular Hbond substituents is 1. The van der Waals surface area contributed by atoms with Crippen LogP contribution >= 0.6 is 0 Å². The van der Waals surface area contributed by atoms with Gasteiger partial charge in [-0.1, -0.05) is 12.1 Å². The molecule has 0 saturated carbocycles. The Balaban J connectivity index is 1.84. The van der Waals surface area contributed by atoms with E-state index in [4.69, 9.17) is 4.74 Å². The van der Waals surface area contributed by atoms with Gasteiger partial charge in [0.05, 0.1) is 5.41 Å². The maximum atomic E-state index is 10.7. The first kappa shape index (κ1) is 13.8. The van der Waals surface area contributed by atoms with Gasteiger partial charge in [-0.3, -0.25) is 0 Å². The highest BCUT2D eigenvalue weighted by molar-refractivity contribution is 5.62. The second-order valence-corrected chi connectivity index (χ2v) is 7.22. The monoisotopic (exact) mass is 317 g/mol. The number of piperidine rings is 1. The van der Waals surface area contributed by atoms with Crippen molar-refractivity contribution in [1.82, 2.24) is 4.90 Å². The van der Waals surface area contributed by atoms with Crippen molar-refractivity contribution in [2.75, 3.05) is 13.6 Å². The van der Waals surface area contributed by atoms with Crippen molar-refractivity contribution >= 4 is 0 Å². The molecule has 2 aliphatic carbocycles. The SMILES string of the molecule is CN1CC[C@]23c4c5ccc(O)c4O[C@H]2[C@](O)(OO)C=C[C@H]3[C@H]1C5. The van der Waals surface area contributed by atoms with E-state index in [0.717, 1.165) is 30.5 Å². The molecule has 23 heavy (non-hydrogen) atoms. The summed E-state index contributed by atoms with van der Waals surface area (Å²) in [7, 11) is 2.12. The summed E-state index contributed by atoms with van der Waals surface area (Å²) in [4.78, 5) is 6.78. The molecule has 2 heterocycles. The zero-order valence-electron chi connectivity index (χ0n) is 12.8. The predicted octanol–water partition coefficient (Wildman–Crippen LogP) is 1.02. The van der Waals surface area contributed by atoms with Gasteiger partial charge in [0.25, 0.3) is 5.79 Å². The van der Waals surface area contributed by atoms with Gasteiger partial charge >= 0.3 is 0 Å². The van der Waals surface area contributed by atoms with Crippen LogP contribution in [0.25, 0.3) is 0 Å². The Morgan fingerprint density at radius 3 is 3.00 bits per heavy atom. The summed E-state index contributed by atoms with van der Waals surface area (Å²) in [6.45, 7) is 0.866. The molecule has 6 heteroatoms. The van der Waals surface area contributed by atoms with Gasteiger partial charge in [-0.15, -0.1) is 0 Å². The minimum absolute atomic E-state index is 0.0731. The van der Waals surface area contributed by atoms with Crippen molar-refractivity contribution in [2.24, 2.45) is 5.92 Å². The summed E-state index contributed by atoms with van der Waals surface area (Å²) in [5, 5.41) is 30.3. The Hall–Kier alpha value is -1.60. The van der Waals surface area contributed by atoms with Crippen LogP contribution in [0, 0.1) is 5.92 Å². The molecule has 0 unspecified atom stereocenters. The highest BCUT2D eigenvalue weighted by Crippen LogP contribution is 2.63. The van der Waals surface area contributed by atoms with Gasteiger partial charge in [0.1, 0.15) is 0 Å². The standard InChI is InChI=1S/C17H19NO5/c1-18-7-6-16-10-4-5-17(20,23-21)15(16)22-14-12(19)3-2-9(13(14)16)8-11(10)18/h2-5,10-11,15,19-21H,6-8H2,1H3/t10-,11+,15+,16-,17+/m0/s1. The Bertz CT molecular complexity index is 734. The number of hydrogen-bond acceptors (Lipinski definition) is 6. The maximum Gasteiger partial charge on any atom is 0.256 e. The molecule has 6 nitrogen and oxygen atoms in total. The molecule has 1 fully saturated rings. The first-order valence-corrected chi connectivity index (χ1v) is 7.98. The Kier molecular flexibility index (Phi) is 2.45. The third-order valence-corrected chi connectivity index (χ3v) is 6.34. The molecule has 2 bridgehead atoms. The van der Waals surface area contributed by atoms with Gasteiger partial charge in [-0.25, -0.2) is 5.26 Å². The largest absolute Gasteiger partial charge is 0.504 e. The topological polar surface area (TPSA) is 82.4 Å². The van der Waals surface area contributed by atoms with E-state index in [1.54, 1.807) is 6.07 Å². The van der Waals surface area contributed by atoms with Crippen molar-refractivity contribution in [3.8, 4) is 11.5 Å². The normalized spacial score (nSPS) is 43.2. The lowest BCUT2D eigenvalue weighted by Crippen LogP contribution is -2.68. The van der Waals surface area contributed by atoms with Gasteiger partial charge in [-0.05, 0) is 44.1 Å². The Morgan fingerprint density at radius 1 is 1.39 bits per heavy atom. The lowest BCUT2D eigenvalue weighted by atomic mass is 9.53. The molecule has 2 aliphatic heterocycles. The molecule has 5 rings (SSSR count). The van der Waals surface area contributed by atoms with Crippen LogP contribution in [-0.2, 0) is 16.7 Å². The van der Waals surface area contributed by atoms with Crippen molar-refractivity contribution in [1.29, 1.82) is 0 Å². The first-order valence-electron chi connectivity index (χ1n) is 7.98. The van der Waals surface area contributed by atoms with Gasteiger partial charge in [-0.2, -0.15) is 4.89 Å². The fraction of sp³-hybridized carbons (Fsp3) is 0.529. The van der Waals surface area contributed by atoms with Crippen molar-refractivity contribution in [3.05, 3.63) is 35.4 Å². The highest BCUT2D eigenvalue weighted by Gasteiger charge is 2.68. The fourth-order valence-electron chi connectivity index (χ4n) is 5.34. The van der Waals surface area contributed by atoms with Gasteiger partial charge in [0.15, 0.2) is 17.6 Å². The number of rotatable bonds is 1. The summed E-state index contributed by atoms with van der Waals surface area (Å²) in [5.41, 5.74) is 1.64. The van der Waals surface area contributed by atoms with Crippen LogP contribution in [0.2, 0.25) is 0 Å². The molecule has 1 aromatic rings. The van der Waals surface area contributed by atoms with Crippen molar-refractivity contribution in [2.45, 2.75) is 36.2 Å². The van der Waals surface area contributed by atoms with E-state index in [1.165, 1.54) is 6.08 Å². The first-order chi connectivity index (χ1) is 11.0. The second kappa shape index (κ2) is 4.08. The zero-order chi connectivity index (χ0) is 16.0. The Labute approximate surface area is 133 Å². The van der Waals surface area contributed by atoms with E-state index in [1.807, 2.05) is 12.1 Å². The third kappa shape index (κ3) is 1.39. The van der Waals surface area contributed by atoms with Crippen LogP contribution in [0.5, 0.6) is 11.5 Å². The molecule has 0 amide bonds. The molecule has 4 aliphatic rings. The summed E-state index contributed by atoms with van der Waals surface area (Å²) < 4.78 is 6.00. The van der Waals surface area contributed by atoms with E-state index in [9.17, 15) is 15.5 Å². The van der Waals surface area contributed by atoms with Crippen molar-refractivity contribution < 1.29 is 25.1 Å². The number of likely N-dealkylation sites (N-methyl/N-ethyl adjacent to an activating group) is 1.